The lowest BCUT2D eigenvalue weighted by Gasteiger charge is -2.15. The summed E-state index contributed by atoms with van der Waals surface area (Å²) in [5.74, 6) is -0.559. The van der Waals surface area contributed by atoms with Crippen molar-refractivity contribution in [3.8, 4) is 0 Å². The van der Waals surface area contributed by atoms with Crippen molar-refractivity contribution < 1.29 is 37.9 Å². The van der Waals surface area contributed by atoms with Crippen molar-refractivity contribution >= 4 is 19.7 Å². The third kappa shape index (κ3) is 38.9. The molecule has 3 N–H and O–H groups in total. The number of nitrogens with one attached hydrogen (secondary N) is 1. The van der Waals surface area contributed by atoms with E-state index in [1.165, 1.54) is 57.8 Å². The molecule has 2 unspecified atom stereocenters. The Morgan fingerprint density at radius 1 is 0.615 bits per heavy atom. The summed E-state index contributed by atoms with van der Waals surface area (Å²) in [6.45, 7) is 3.36. The number of ether oxygens (including phenoxy) is 1. The number of rotatable bonds is 37. The molecule has 52 heavy (non-hydrogen) atoms. The topological polar surface area (TPSA) is 131 Å². The highest BCUT2D eigenvalue weighted by atomic mass is 31.2. The molecule has 300 valence electrons. The molecule has 0 aromatic rings. The van der Waals surface area contributed by atoms with Gasteiger partial charge in [0, 0.05) is 19.4 Å². The molecular formula is C42H74NO8P. The Morgan fingerprint density at radius 2 is 1.10 bits per heavy atom. The molecule has 0 fully saturated rings. The molecule has 10 heteroatoms. The van der Waals surface area contributed by atoms with Crippen LogP contribution in [-0.4, -0.2) is 54.3 Å². The van der Waals surface area contributed by atoms with Crippen molar-refractivity contribution in [3.63, 3.8) is 0 Å². The zero-order valence-corrected chi connectivity index (χ0v) is 33.6. The lowest BCUT2D eigenvalue weighted by Crippen LogP contribution is -2.27. The van der Waals surface area contributed by atoms with E-state index in [0.29, 0.717) is 12.8 Å². The van der Waals surface area contributed by atoms with E-state index in [-0.39, 0.29) is 32.1 Å². The van der Waals surface area contributed by atoms with E-state index < -0.39 is 26.5 Å². The fraction of sp³-hybridized carbons (Fsp3) is 0.714. The fourth-order valence-electron chi connectivity index (χ4n) is 5.13. The van der Waals surface area contributed by atoms with Crippen LogP contribution < -0.4 is 5.32 Å². The molecule has 0 rings (SSSR count). The van der Waals surface area contributed by atoms with Gasteiger partial charge in [0.1, 0.15) is 12.7 Å². The minimum absolute atomic E-state index is 0.0710. The maximum atomic E-state index is 12.1. The average molecular weight is 752 g/mol. The number of aliphatic hydroxyl groups is 1. The van der Waals surface area contributed by atoms with Gasteiger partial charge in [-0.3, -0.25) is 18.6 Å². The van der Waals surface area contributed by atoms with Crippen LogP contribution in [0.5, 0.6) is 0 Å². The number of amides is 1. The summed E-state index contributed by atoms with van der Waals surface area (Å²) >= 11 is 0. The van der Waals surface area contributed by atoms with Gasteiger partial charge in [-0.15, -0.1) is 0 Å². The highest BCUT2D eigenvalue weighted by molar-refractivity contribution is 7.47. The molecule has 0 aromatic heterocycles. The van der Waals surface area contributed by atoms with Crippen molar-refractivity contribution in [1.29, 1.82) is 0 Å². The molecule has 0 bridgehead atoms. The van der Waals surface area contributed by atoms with Crippen LogP contribution in [0, 0.1) is 0 Å². The Balaban J connectivity index is 3.66. The van der Waals surface area contributed by atoms with Gasteiger partial charge in [-0.25, -0.2) is 4.57 Å². The second-order valence-electron chi connectivity index (χ2n) is 13.2. The quantitative estimate of drug-likeness (QED) is 0.0247. The van der Waals surface area contributed by atoms with E-state index in [0.717, 1.165) is 70.6 Å². The molecule has 9 nitrogen and oxygen atoms in total. The zero-order valence-electron chi connectivity index (χ0n) is 32.7. The molecule has 0 aromatic carbocycles. The molecule has 0 spiro atoms. The Labute approximate surface area is 317 Å². The molecule has 0 aliphatic carbocycles. The largest absolute Gasteiger partial charge is 0.472 e. The van der Waals surface area contributed by atoms with Gasteiger partial charge in [-0.1, -0.05) is 132 Å². The average Bonchev–Trinajstić information content (AvgIpc) is 3.13. The highest BCUT2D eigenvalue weighted by Crippen LogP contribution is 2.42. The van der Waals surface area contributed by atoms with Crippen LogP contribution >= 0.6 is 7.82 Å². The molecule has 0 saturated carbocycles. The van der Waals surface area contributed by atoms with Gasteiger partial charge < -0.3 is 20.1 Å². The number of carbonyl (C=O) groups is 2. The van der Waals surface area contributed by atoms with E-state index >= 15 is 0 Å². The number of unbranched alkanes of at least 4 members (excludes halogenated alkanes) is 14. The number of phosphoric acid groups is 1. The van der Waals surface area contributed by atoms with Crippen LogP contribution in [-0.2, 0) is 27.9 Å². The van der Waals surface area contributed by atoms with E-state index in [1.807, 2.05) is 0 Å². The number of hydrogen-bond acceptors (Lipinski definition) is 7. The van der Waals surface area contributed by atoms with Crippen LogP contribution in [0.1, 0.15) is 162 Å². The maximum absolute atomic E-state index is 12.1. The van der Waals surface area contributed by atoms with E-state index in [1.54, 1.807) is 0 Å². The summed E-state index contributed by atoms with van der Waals surface area (Å²) in [5.41, 5.74) is 0. The number of carbonyl (C=O) groups excluding carboxylic acids is 2. The molecule has 0 aliphatic heterocycles. The first-order valence-corrected chi connectivity index (χ1v) is 21.8. The van der Waals surface area contributed by atoms with Gasteiger partial charge in [0.25, 0.3) is 0 Å². The van der Waals surface area contributed by atoms with Crippen molar-refractivity contribution in [2.24, 2.45) is 0 Å². The standard InChI is InChI=1S/C42H74NO8P/c1-3-5-7-9-11-13-15-17-18-19-20-21-23-24-26-28-30-32-34-41(45)43-36-37-50-52(47,48)51-39-40(44)38-49-42(46)35-33-31-29-27-25-22-16-14-12-10-8-6-4-2/h6,8,12-15,18-19,22,25,40,44H,3-5,7,9-11,16-17,20-21,23-24,26-39H2,1-2H3,(H,43,45)(H,47,48)/b8-6-,14-12-,15-13-,19-18-,25-22-. The van der Waals surface area contributed by atoms with Crippen molar-refractivity contribution in [2.45, 2.75) is 168 Å². The summed E-state index contributed by atoms with van der Waals surface area (Å²) in [6, 6.07) is 0. The number of hydrogen-bond donors (Lipinski definition) is 3. The SMILES string of the molecule is CC/C=C\C/C=C\C/C=C\CCCCCC(=O)OCC(O)COP(=O)(O)OCCNC(=O)CCCCCCCCC/C=C\C/C=C\CCCCCC. The number of phosphoric ester groups is 1. The summed E-state index contributed by atoms with van der Waals surface area (Å²) < 4.78 is 26.8. The lowest BCUT2D eigenvalue weighted by atomic mass is 10.1. The van der Waals surface area contributed by atoms with Crippen LogP contribution in [0.15, 0.2) is 60.8 Å². The van der Waals surface area contributed by atoms with Crippen LogP contribution in [0.2, 0.25) is 0 Å². The zero-order chi connectivity index (χ0) is 38.2. The molecule has 0 heterocycles. The summed E-state index contributed by atoms with van der Waals surface area (Å²) in [4.78, 5) is 33.8. The first-order valence-electron chi connectivity index (χ1n) is 20.3. The van der Waals surface area contributed by atoms with Gasteiger partial charge >= 0.3 is 13.8 Å². The van der Waals surface area contributed by atoms with Gasteiger partial charge in [-0.2, -0.15) is 0 Å². The van der Waals surface area contributed by atoms with Crippen LogP contribution in [0.25, 0.3) is 0 Å². The number of esters is 1. The Bertz CT molecular complexity index is 1040. The fourth-order valence-corrected chi connectivity index (χ4v) is 5.89. The Kier molecular flexibility index (Phi) is 36.7. The minimum Gasteiger partial charge on any atom is -0.463 e. The normalized spacial score (nSPS) is 14.0. The first kappa shape index (κ1) is 49.7. The van der Waals surface area contributed by atoms with Gasteiger partial charge in [0.05, 0.1) is 13.2 Å². The van der Waals surface area contributed by atoms with E-state index in [2.05, 4.69) is 79.9 Å². The Hall–Kier alpha value is -2.29. The predicted octanol–water partition coefficient (Wildman–Crippen LogP) is 10.9. The monoisotopic (exact) mass is 752 g/mol. The van der Waals surface area contributed by atoms with E-state index in [9.17, 15) is 24.2 Å². The lowest BCUT2D eigenvalue weighted by molar-refractivity contribution is -0.147. The van der Waals surface area contributed by atoms with Crippen molar-refractivity contribution in [2.75, 3.05) is 26.4 Å². The summed E-state index contributed by atoms with van der Waals surface area (Å²) in [5, 5.41) is 12.6. The summed E-state index contributed by atoms with van der Waals surface area (Å²) in [6.07, 6.45) is 44.4. The number of allylic oxidation sites excluding steroid dienone is 10. The second-order valence-corrected chi connectivity index (χ2v) is 14.7. The number of aliphatic hydroxyl groups excluding tert-OH is 1. The minimum atomic E-state index is -4.42. The second kappa shape index (κ2) is 38.4. The molecule has 0 saturated heterocycles. The Morgan fingerprint density at radius 3 is 1.67 bits per heavy atom. The smallest absolute Gasteiger partial charge is 0.463 e. The van der Waals surface area contributed by atoms with Gasteiger partial charge in [0.2, 0.25) is 5.91 Å². The van der Waals surface area contributed by atoms with Crippen molar-refractivity contribution in [1.82, 2.24) is 5.32 Å². The molecule has 1 amide bonds. The van der Waals surface area contributed by atoms with Gasteiger partial charge in [0.15, 0.2) is 0 Å². The molecule has 0 radical (unpaired) electrons. The van der Waals surface area contributed by atoms with Gasteiger partial charge in [-0.05, 0) is 77.0 Å². The van der Waals surface area contributed by atoms with E-state index in [4.69, 9.17) is 13.8 Å². The van der Waals surface area contributed by atoms with Crippen molar-refractivity contribution in [3.05, 3.63) is 60.8 Å². The predicted molar refractivity (Wildman–Crippen MR) is 215 cm³/mol. The third-order valence-electron chi connectivity index (χ3n) is 8.18. The summed E-state index contributed by atoms with van der Waals surface area (Å²) in [7, 11) is -4.42. The first-order chi connectivity index (χ1) is 25.3. The van der Waals surface area contributed by atoms with Crippen LogP contribution in [0.4, 0.5) is 0 Å². The molecule has 2 atom stereocenters. The van der Waals surface area contributed by atoms with Crippen LogP contribution in [0.3, 0.4) is 0 Å². The third-order valence-corrected chi connectivity index (χ3v) is 9.17. The maximum Gasteiger partial charge on any atom is 0.472 e. The highest BCUT2D eigenvalue weighted by Gasteiger charge is 2.23. The molecule has 0 aliphatic rings. The molecular weight excluding hydrogens is 677 g/mol.